The Labute approximate surface area is 175 Å². The Morgan fingerprint density at radius 2 is 1.96 bits per heavy atom. The van der Waals surface area contributed by atoms with Crippen molar-refractivity contribution in [2.75, 3.05) is 11.9 Å². The van der Waals surface area contributed by atoms with Gasteiger partial charge in [0.2, 0.25) is 0 Å². The van der Waals surface area contributed by atoms with Crippen LogP contribution in [0.2, 0.25) is 5.02 Å². The Hall–Kier alpha value is -2.14. The molecule has 0 atom stereocenters. The van der Waals surface area contributed by atoms with Gasteiger partial charge in [0.15, 0.2) is 0 Å². The van der Waals surface area contributed by atoms with Gasteiger partial charge in [0.1, 0.15) is 5.82 Å². The Balaban J connectivity index is 0.00000225. The quantitative estimate of drug-likeness (QED) is 0.555. The zero-order valence-corrected chi connectivity index (χ0v) is 16.8. The van der Waals surface area contributed by atoms with Gasteiger partial charge in [-0.15, -0.1) is 12.4 Å². The molecule has 0 spiro atoms. The number of halogens is 3. The van der Waals surface area contributed by atoms with Gasteiger partial charge in [-0.05, 0) is 67.1 Å². The Morgan fingerprint density at radius 1 is 1.11 bits per heavy atom. The molecule has 0 fully saturated rings. The van der Waals surface area contributed by atoms with E-state index in [9.17, 15) is 4.39 Å². The Kier molecular flexibility index (Phi) is 6.55. The molecular weight excluding hydrogens is 398 g/mol. The molecule has 0 bridgehead atoms. The summed E-state index contributed by atoms with van der Waals surface area (Å²) < 4.78 is 14.2. The summed E-state index contributed by atoms with van der Waals surface area (Å²) in [5, 5.41) is 13.0. The first-order valence-electron chi connectivity index (χ1n) is 9.09. The minimum atomic E-state index is -0.310. The summed E-state index contributed by atoms with van der Waals surface area (Å²) in [6.45, 7) is -0.0649. The Morgan fingerprint density at radius 3 is 2.71 bits per heavy atom. The van der Waals surface area contributed by atoms with E-state index >= 15 is 0 Å². The molecule has 146 valence electrons. The number of pyridine rings is 1. The topological polar surface area (TPSA) is 45.1 Å². The number of nitrogens with one attached hydrogen (secondary N) is 1. The van der Waals surface area contributed by atoms with Gasteiger partial charge in [-0.25, -0.2) is 4.39 Å². The first-order chi connectivity index (χ1) is 13.1. The van der Waals surface area contributed by atoms with E-state index in [0.717, 1.165) is 41.9 Å². The van der Waals surface area contributed by atoms with Crippen molar-refractivity contribution < 1.29 is 9.50 Å². The van der Waals surface area contributed by atoms with Crippen molar-refractivity contribution in [2.45, 2.75) is 25.7 Å². The number of benzene rings is 2. The maximum atomic E-state index is 14.2. The summed E-state index contributed by atoms with van der Waals surface area (Å²) in [7, 11) is 0. The second-order valence-corrected chi connectivity index (χ2v) is 7.19. The fourth-order valence-electron chi connectivity index (χ4n) is 3.55. The van der Waals surface area contributed by atoms with Gasteiger partial charge in [0.05, 0.1) is 5.69 Å². The first-order valence-corrected chi connectivity index (χ1v) is 9.47. The maximum absolute atomic E-state index is 14.2. The highest BCUT2D eigenvalue weighted by Gasteiger charge is 2.19. The number of fused-ring (bicyclic) bond motifs is 1. The molecule has 0 amide bonds. The molecule has 1 heterocycles. The normalized spacial score (nSPS) is 12.4. The highest BCUT2D eigenvalue weighted by molar-refractivity contribution is 6.30. The minimum absolute atomic E-state index is 0. The van der Waals surface area contributed by atoms with Crippen molar-refractivity contribution in [3.63, 3.8) is 0 Å². The summed E-state index contributed by atoms with van der Waals surface area (Å²) in [6.07, 6.45) is 3.29. The lowest BCUT2D eigenvalue weighted by Crippen LogP contribution is -2.01. The van der Waals surface area contributed by atoms with Crippen molar-refractivity contribution in [3.05, 3.63) is 76.2 Å². The van der Waals surface area contributed by atoms with Crippen LogP contribution in [0.25, 0.3) is 11.3 Å². The molecule has 1 aromatic heterocycles. The number of anilines is 2. The Bertz CT molecular complexity index is 994. The molecule has 1 aliphatic rings. The molecule has 4 rings (SSSR count). The number of nitrogens with zero attached hydrogens (tertiary/aromatic N) is 1. The van der Waals surface area contributed by atoms with Crippen molar-refractivity contribution >= 4 is 35.4 Å². The summed E-state index contributed by atoms with van der Waals surface area (Å²) in [5.74, 6) is -0.310. The molecule has 28 heavy (non-hydrogen) atoms. The summed E-state index contributed by atoms with van der Waals surface area (Å²) >= 11 is 6.14. The summed E-state index contributed by atoms with van der Waals surface area (Å²) in [4.78, 5) is 4.82. The molecule has 3 nitrogen and oxygen atoms in total. The van der Waals surface area contributed by atoms with Crippen LogP contribution in [-0.4, -0.2) is 16.7 Å². The molecule has 2 N–H and O–H groups in total. The molecule has 6 heteroatoms. The predicted molar refractivity (Wildman–Crippen MR) is 114 cm³/mol. The molecule has 3 aromatic rings. The minimum Gasteiger partial charge on any atom is -0.396 e. The zero-order valence-electron chi connectivity index (χ0n) is 15.2. The zero-order chi connectivity index (χ0) is 18.8. The largest absolute Gasteiger partial charge is 0.396 e. The molecule has 0 aliphatic heterocycles. The van der Waals surface area contributed by atoms with Crippen LogP contribution in [0, 0.1) is 5.82 Å². The lowest BCUT2D eigenvalue weighted by Gasteiger charge is -2.14. The summed E-state index contributed by atoms with van der Waals surface area (Å²) in [6, 6.07) is 14.7. The van der Waals surface area contributed by atoms with E-state index in [2.05, 4.69) is 5.32 Å². The number of aryl methyl sites for hydroxylation is 1. The van der Waals surface area contributed by atoms with Crippen molar-refractivity contribution in [2.24, 2.45) is 0 Å². The lowest BCUT2D eigenvalue weighted by molar-refractivity contribution is 0.297. The van der Waals surface area contributed by atoms with E-state index in [1.807, 2.05) is 36.4 Å². The molecular formula is C22H21Cl2FN2O. The van der Waals surface area contributed by atoms with E-state index in [0.29, 0.717) is 22.7 Å². The molecule has 0 saturated heterocycles. The lowest BCUT2D eigenvalue weighted by atomic mass is 10.1. The first kappa shape index (κ1) is 20.6. The monoisotopic (exact) mass is 418 g/mol. The number of rotatable bonds is 5. The van der Waals surface area contributed by atoms with Crippen LogP contribution in [-0.2, 0) is 19.3 Å². The highest BCUT2D eigenvalue weighted by atomic mass is 35.5. The van der Waals surface area contributed by atoms with Gasteiger partial charge in [-0.2, -0.15) is 0 Å². The van der Waals surface area contributed by atoms with Crippen molar-refractivity contribution in [1.29, 1.82) is 0 Å². The number of hydrogen-bond acceptors (Lipinski definition) is 3. The molecule has 1 aliphatic carbocycles. The molecule has 2 aromatic carbocycles. The number of hydrogen-bond donors (Lipinski definition) is 2. The third-order valence-electron chi connectivity index (χ3n) is 4.88. The van der Waals surface area contributed by atoms with Crippen LogP contribution in [0.15, 0.2) is 48.5 Å². The maximum Gasteiger partial charge on any atom is 0.128 e. The van der Waals surface area contributed by atoms with Crippen LogP contribution in [0.5, 0.6) is 0 Å². The van der Waals surface area contributed by atoms with E-state index in [4.69, 9.17) is 21.7 Å². The van der Waals surface area contributed by atoms with Crippen LogP contribution in [0.3, 0.4) is 0 Å². The van der Waals surface area contributed by atoms with E-state index in [-0.39, 0.29) is 24.8 Å². The van der Waals surface area contributed by atoms with Gasteiger partial charge < -0.3 is 10.4 Å². The predicted octanol–water partition coefficient (Wildman–Crippen LogP) is 5.73. The highest BCUT2D eigenvalue weighted by Crippen LogP contribution is 2.34. The third-order valence-corrected chi connectivity index (χ3v) is 5.12. The van der Waals surface area contributed by atoms with Crippen molar-refractivity contribution in [3.8, 4) is 11.3 Å². The number of aliphatic hydroxyl groups is 1. The van der Waals surface area contributed by atoms with Gasteiger partial charge in [0, 0.05) is 34.3 Å². The van der Waals surface area contributed by atoms with Gasteiger partial charge in [-0.3, -0.25) is 4.98 Å². The fourth-order valence-corrected chi connectivity index (χ4v) is 3.74. The van der Waals surface area contributed by atoms with E-state index in [1.54, 1.807) is 6.07 Å². The van der Waals surface area contributed by atoms with Crippen LogP contribution in [0.1, 0.15) is 23.2 Å². The molecule has 0 unspecified atom stereocenters. The van der Waals surface area contributed by atoms with Crippen LogP contribution in [0.4, 0.5) is 15.8 Å². The average Bonchev–Trinajstić information content (AvgIpc) is 3.13. The third kappa shape index (κ3) is 4.30. The number of aliphatic hydroxyl groups excluding tert-OH is 1. The smallest absolute Gasteiger partial charge is 0.128 e. The van der Waals surface area contributed by atoms with Crippen LogP contribution < -0.4 is 5.32 Å². The molecule has 0 radical (unpaired) electrons. The SMILES string of the molecule is Cl.OCCc1ccc(Nc2cc(-c3cccc(Cl)c3)nc3c2CCC3)cc1F. The summed E-state index contributed by atoms with van der Waals surface area (Å²) in [5.41, 5.74) is 6.27. The molecule has 0 saturated carbocycles. The second kappa shape index (κ2) is 8.91. The van der Waals surface area contributed by atoms with E-state index in [1.165, 1.54) is 11.6 Å². The second-order valence-electron chi connectivity index (χ2n) is 6.75. The standard InChI is InChI=1S/C22H20ClFN2O.ClH/c23-16-4-1-3-15(11-16)21-13-22(18-5-2-6-20(18)26-21)25-17-8-7-14(9-10-27)19(24)12-17;/h1,3-4,7-8,11-13,27H,2,5-6,9-10H2,(H,25,26);1H. The van der Waals surface area contributed by atoms with Gasteiger partial charge in [0.25, 0.3) is 0 Å². The van der Waals surface area contributed by atoms with Crippen molar-refractivity contribution in [1.82, 2.24) is 4.98 Å². The van der Waals surface area contributed by atoms with Gasteiger partial charge >= 0.3 is 0 Å². The van der Waals surface area contributed by atoms with Gasteiger partial charge in [-0.1, -0.05) is 29.8 Å². The van der Waals surface area contributed by atoms with E-state index < -0.39 is 0 Å². The number of aromatic nitrogens is 1. The fraction of sp³-hybridized carbons (Fsp3) is 0.227. The van der Waals surface area contributed by atoms with Crippen LogP contribution >= 0.6 is 24.0 Å². The average molecular weight is 419 g/mol.